The van der Waals surface area contributed by atoms with Gasteiger partial charge in [0.25, 0.3) is 0 Å². The van der Waals surface area contributed by atoms with Crippen molar-refractivity contribution in [2.24, 2.45) is 0 Å². The van der Waals surface area contributed by atoms with Crippen molar-refractivity contribution in [2.75, 3.05) is 18.5 Å². The SMILES string of the molecule is C[C@@H](NS(=O)(=O)c1ccc2c(c1)OCCCO2)C(=O)Nc1ccc2ccccc2c1. The lowest BCUT2D eigenvalue weighted by molar-refractivity contribution is -0.117. The van der Waals surface area contributed by atoms with Crippen molar-refractivity contribution in [3.63, 3.8) is 0 Å². The molecule has 0 radical (unpaired) electrons. The molecule has 0 bridgehead atoms. The number of hydrogen-bond donors (Lipinski definition) is 2. The highest BCUT2D eigenvalue weighted by Gasteiger charge is 2.24. The summed E-state index contributed by atoms with van der Waals surface area (Å²) in [5, 5.41) is 4.79. The van der Waals surface area contributed by atoms with Crippen LogP contribution in [-0.4, -0.2) is 33.6 Å². The number of carbonyl (C=O) groups is 1. The second-order valence-electron chi connectivity index (χ2n) is 7.05. The zero-order valence-electron chi connectivity index (χ0n) is 16.4. The zero-order chi connectivity index (χ0) is 21.1. The molecule has 3 aromatic rings. The van der Waals surface area contributed by atoms with Crippen LogP contribution in [0.5, 0.6) is 11.5 Å². The van der Waals surface area contributed by atoms with Crippen LogP contribution in [0.4, 0.5) is 5.69 Å². The number of rotatable bonds is 5. The molecule has 3 aromatic carbocycles. The monoisotopic (exact) mass is 426 g/mol. The third-order valence-electron chi connectivity index (χ3n) is 4.77. The highest BCUT2D eigenvalue weighted by Crippen LogP contribution is 2.32. The van der Waals surface area contributed by atoms with Gasteiger partial charge in [-0.2, -0.15) is 4.72 Å². The molecule has 1 atom stereocenters. The maximum Gasteiger partial charge on any atom is 0.242 e. The first-order valence-corrected chi connectivity index (χ1v) is 11.1. The molecule has 1 heterocycles. The smallest absolute Gasteiger partial charge is 0.242 e. The van der Waals surface area contributed by atoms with E-state index in [9.17, 15) is 13.2 Å². The minimum atomic E-state index is -3.92. The van der Waals surface area contributed by atoms with Crippen molar-refractivity contribution in [1.82, 2.24) is 4.72 Å². The van der Waals surface area contributed by atoms with Crippen LogP contribution >= 0.6 is 0 Å². The minimum absolute atomic E-state index is 0.0112. The summed E-state index contributed by atoms with van der Waals surface area (Å²) in [4.78, 5) is 12.6. The van der Waals surface area contributed by atoms with Crippen molar-refractivity contribution < 1.29 is 22.7 Å². The first-order chi connectivity index (χ1) is 14.4. The standard InChI is InChI=1S/C22H22N2O5S/c1-15(22(25)23-18-8-7-16-5-2-3-6-17(16)13-18)24-30(26,27)19-9-10-20-21(14-19)29-12-4-11-28-20/h2-3,5-10,13-15,24H,4,11-12H2,1H3,(H,23,25)/t15-/m1/s1. The number of fused-ring (bicyclic) bond motifs is 2. The summed E-state index contributed by atoms with van der Waals surface area (Å²) in [6.07, 6.45) is 0.723. The number of hydrogen-bond acceptors (Lipinski definition) is 5. The average Bonchev–Trinajstić information content (AvgIpc) is 2.98. The average molecular weight is 426 g/mol. The number of amides is 1. The Morgan fingerprint density at radius 1 is 0.933 bits per heavy atom. The highest BCUT2D eigenvalue weighted by molar-refractivity contribution is 7.89. The molecule has 4 rings (SSSR count). The van der Waals surface area contributed by atoms with Gasteiger partial charge in [-0.25, -0.2) is 8.42 Å². The molecule has 1 aliphatic rings. The van der Waals surface area contributed by atoms with Gasteiger partial charge in [0.15, 0.2) is 11.5 Å². The lowest BCUT2D eigenvalue weighted by Crippen LogP contribution is -2.41. The van der Waals surface area contributed by atoms with E-state index >= 15 is 0 Å². The molecule has 0 saturated heterocycles. The van der Waals surface area contributed by atoms with E-state index in [0.29, 0.717) is 30.4 Å². The van der Waals surface area contributed by atoms with Crippen molar-refractivity contribution in [3.05, 3.63) is 60.7 Å². The zero-order valence-corrected chi connectivity index (χ0v) is 17.2. The quantitative estimate of drug-likeness (QED) is 0.653. The van der Waals surface area contributed by atoms with Crippen molar-refractivity contribution in [3.8, 4) is 11.5 Å². The molecule has 0 fully saturated rings. The minimum Gasteiger partial charge on any atom is -0.490 e. The van der Waals surface area contributed by atoms with Crippen LogP contribution in [0.25, 0.3) is 10.8 Å². The Morgan fingerprint density at radius 3 is 2.47 bits per heavy atom. The second-order valence-corrected chi connectivity index (χ2v) is 8.77. The molecule has 156 valence electrons. The molecule has 1 aliphatic heterocycles. The van der Waals surface area contributed by atoms with Crippen LogP contribution in [0.2, 0.25) is 0 Å². The maximum atomic E-state index is 12.8. The molecule has 1 amide bonds. The first kappa shape index (κ1) is 20.2. The van der Waals surface area contributed by atoms with E-state index in [2.05, 4.69) is 10.0 Å². The Morgan fingerprint density at radius 2 is 1.67 bits per heavy atom. The predicted octanol–water partition coefficient (Wildman–Crippen LogP) is 3.31. The van der Waals surface area contributed by atoms with Crippen molar-refractivity contribution >= 4 is 32.4 Å². The van der Waals surface area contributed by atoms with E-state index in [0.717, 1.165) is 17.2 Å². The van der Waals surface area contributed by atoms with Gasteiger partial charge < -0.3 is 14.8 Å². The second kappa shape index (κ2) is 8.33. The molecule has 7 nitrogen and oxygen atoms in total. The van der Waals surface area contributed by atoms with E-state index in [1.54, 1.807) is 12.1 Å². The van der Waals surface area contributed by atoms with E-state index < -0.39 is 22.0 Å². The Bertz CT molecular complexity index is 1190. The third kappa shape index (κ3) is 4.39. The number of carbonyl (C=O) groups excluding carboxylic acids is 1. The van der Waals surface area contributed by atoms with Gasteiger partial charge in [-0.15, -0.1) is 0 Å². The molecule has 0 spiro atoms. The fourth-order valence-electron chi connectivity index (χ4n) is 3.18. The van der Waals surface area contributed by atoms with Crippen LogP contribution in [0, 0.1) is 0 Å². The van der Waals surface area contributed by atoms with E-state index in [4.69, 9.17) is 9.47 Å². The molecule has 0 saturated carbocycles. The summed E-state index contributed by atoms with van der Waals surface area (Å²) in [5.41, 5.74) is 0.598. The molecule has 0 aliphatic carbocycles. The van der Waals surface area contributed by atoms with Gasteiger partial charge in [-0.1, -0.05) is 30.3 Å². The lowest BCUT2D eigenvalue weighted by Gasteiger charge is -2.16. The number of ether oxygens (including phenoxy) is 2. The molecule has 0 aromatic heterocycles. The fraction of sp³-hybridized carbons (Fsp3) is 0.227. The van der Waals surface area contributed by atoms with Crippen molar-refractivity contribution in [2.45, 2.75) is 24.3 Å². The van der Waals surface area contributed by atoms with Crippen LogP contribution < -0.4 is 19.5 Å². The fourth-order valence-corrected chi connectivity index (χ4v) is 4.40. The Kier molecular flexibility index (Phi) is 5.61. The molecule has 8 heteroatoms. The van der Waals surface area contributed by atoms with Gasteiger partial charge in [0.1, 0.15) is 0 Å². The normalized spacial score (nSPS) is 14.7. The number of anilines is 1. The van der Waals surface area contributed by atoms with Gasteiger partial charge in [0, 0.05) is 18.2 Å². The predicted molar refractivity (Wildman–Crippen MR) is 114 cm³/mol. The molecular weight excluding hydrogens is 404 g/mol. The van der Waals surface area contributed by atoms with E-state index in [1.165, 1.54) is 19.1 Å². The summed E-state index contributed by atoms with van der Waals surface area (Å²) < 4.78 is 39.0. The van der Waals surface area contributed by atoms with Gasteiger partial charge in [0.05, 0.1) is 24.2 Å². The molecular formula is C22H22N2O5S. The largest absolute Gasteiger partial charge is 0.490 e. The van der Waals surface area contributed by atoms with Gasteiger partial charge in [-0.05, 0) is 42.0 Å². The van der Waals surface area contributed by atoms with Gasteiger partial charge in [-0.3, -0.25) is 4.79 Å². The summed E-state index contributed by atoms with van der Waals surface area (Å²) in [6.45, 7) is 2.47. The van der Waals surface area contributed by atoms with Gasteiger partial charge >= 0.3 is 0 Å². The summed E-state index contributed by atoms with van der Waals surface area (Å²) in [6, 6.07) is 16.7. The van der Waals surface area contributed by atoms with E-state index in [-0.39, 0.29) is 4.90 Å². The summed E-state index contributed by atoms with van der Waals surface area (Å²) >= 11 is 0. The number of benzene rings is 3. The highest BCUT2D eigenvalue weighted by atomic mass is 32.2. The summed E-state index contributed by atoms with van der Waals surface area (Å²) in [5.74, 6) is 0.431. The Hall–Kier alpha value is -3.10. The van der Waals surface area contributed by atoms with E-state index in [1.807, 2.05) is 36.4 Å². The topological polar surface area (TPSA) is 93.7 Å². The lowest BCUT2D eigenvalue weighted by atomic mass is 10.1. The van der Waals surface area contributed by atoms with Crippen molar-refractivity contribution in [1.29, 1.82) is 0 Å². The van der Waals surface area contributed by atoms with Gasteiger partial charge in [0.2, 0.25) is 15.9 Å². The molecule has 0 unspecified atom stereocenters. The summed E-state index contributed by atoms with van der Waals surface area (Å²) in [7, 11) is -3.92. The van der Waals surface area contributed by atoms with Crippen LogP contribution in [-0.2, 0) is 14.8 Å². The van der Waals surface area contributed by atoms with Crippen LogP contribution in [0.15, 0.2) is 65.6 Å². The number of sulfonamides is 1. The number of nitrogens with one attached hydrogen (secondary N) is 2. The molecule has 30 heavy (non-hydrogen) atoms. The van der Waals surface area contributed by atoms with Crippen LogP contribution in [0.1, 0.15) is 13.3 Å². The maximum absolute atomic E-state index is 12.8. The Balaban J connectivity index is 1.47. The Labute approximate surface area is 175 Å². The molecule has 2 N–H and O–H groups in total. The first-order valence-electron chi connectivity index (χ1n) is 9.64. The third-order valence-corrected chi connectivity index (χ3v) is 6.31. The van der Waals surface area contributed by atoms with Crippen LogP contribution in [0.3, 0.4) is 0 Å².